The van der Waals surface area contributed by atoms with E-state index >= 15 is 0 Å². The Morgan fingerprint density at radius 3 is 2.94 bits per heavy atom. The number of imidazole rings is 1. The summed E-state index contributed by atoms with van der Waals surface area (Å²) < 4.78 is 6.79. The number of hydrogen-bond donors (Lipinski definition) is 1. The first-order valence-electron chi connectivity index (χ1n) is 6.04. The Morgan fingerprint density at radius 2 is 2.35 bits per heavy atom. The highest BCUT2D eigenvalue weighted by Gasteiger charge is 2.19. The molecule has 5 heteroatoms. The lowest BCUT2D eigenvalue weighted by molar-refractivity contribution is -0.143. The summed E-state index contributed by atoms with van der Waals surface area (Å²) in [7, 11) is 1.41. The number of ether oxygens (including phenoxy) is 1. The molecule has 0 amide bonds. The molecule has 0 saturated heterocycles. The van der Waals surface area contributed by atoms with Gasteiger partial charge in [-0.3, -0.25) is 4.79 Å². The number of aryl methyl sites for hydroxylation is 1. The zero-order valence-corrected chi connectivity index (χ0v) is 10.8. The quantitative estimate of drug-likeness (QED) is 0.721. The van der Waals surface area contributed by atoms with E-state index in [9.17, 15) is 4.79 Å². The van der Waals surface area contributed by atoms with Crippen molar-refractivity contribution >= 4 is 5.97 Å². The van der Waals surface area contributed by atoms with Crippen molar-refractivity contribution in [1.29, 1.82) is 0 Å². The van der Waals surface area contributed by atoms with E-state index in [0.29, 0.717) is 6.54 Å². The molecule has 0 saturated carbocycles. The van der Waals surface area contributed by atoms with Gasteiger partial charge in [0.2, 0.25) is 0 Å². The van der Waals surface area contributed by atoms with Crippen molar-refractivity contribution in [2.75, 3.05) is 13.7 Å². The first kappa shape index (κ1) is 13.7. The van der Waals surface area contributed by atoms with E-state index in [1.165, 1.54) is 7.11 Å². The number of methoxy groups -OCH3 is 1. The van der Waals surface area contributed by atoms with Crippen molar-refractivity contribution in [3.05, 3.63) is 18.2 Å². The maximum Gasteiger partial charge on any atom is 0.324 e. The molecule has 1 N–H and O–H groups in total. The van der Waals surface area contributed by atoms with Crippen LogP contribution in [0.3, 0.4) is 0 Å². The Bertz CT molecular complexity index is 349. The van der Waals surface area contributed by atoms with Crippen LogP contribution in [0, 0.1) is 0 Å². The van der Waals surface area contributed by atoms with Crippen LogP contribution in [0.5, 0.6) is 0 Å². The third-order valence-electron chi connectivity index (χ3n) is 2.62. The summed E-state index contributed by atoms with van der Waals surface area (Å²) in [6.07, 6.45) is 5.49. The van der Waals surface area contributed by atoms with Gasteiger partial charge in [0.1, 0.15) is 11.9 Å². The molecule has 96 valence electrons. The maximum atomic E-state index is 11.6. The molecule has 0 bridgehead atoms. The minimum absolute atomic E-state index is 0.228. The second-order valence-corrected chi connectivity index (χ2v) is 3.88. The van der Waals surface area contributed by atoms with Crippen LogP contribution in [0.25, 0.3) is 0 Å². The Morgan fingerprint density at radius 1 is 1.59 bits per heavy atom. The molecule has 1 atom stereocenters. The fourth-order valence-electron chi connectivity index (χ4n) is 1.70. The minimum atomic E-state index is -0.306. The van der Waals surface area contributed by atoms with Crippen LogP contribution in [-0.4, -0.2) is 35.2 Å². The van der Waals surface area contributed by atoms with E-state index in [-0.39, 0.29) is 12.0 Å². The summed E-state index contributed by atoms with van der Waals surface area (Å²) in [6.45, 7) is 5.48. The first-order chi connectivity index (χ1) is 8.22. The van der Waals surface area contributed by atoms with Crippen LogP contribution >= 0.6 is 0 Å². The van der Waals surface area contributed by atoms with Gasteiger partial charge in [-0.15, -0.1) is 0 Å². The van der Waals surface area contributed by atoms with E-state index in [0.717, 1.165) is 25.2 Å². The van der Waals surface area contributed by atoms with Crippen LogP contribution in [-0.2, 0) is 22.5 Å². The molecule has 0 radical (unpaired) electrons. The van der Waals surface area contributed by atoms with Crippen molar-refractivity contribution in [3.8, 4) is 0 Å². The van der Waals surface area contributed by atoms with Gasteiger partial charge in [-0.05, 0) is 13.0 Å². The van der Waals surface area contributed by atoms with E-state index in [2.05, 4.69) is 17.2 Å². The van der Waals surface area contributed by atoms with Crippen molar-refractivity contribution < 1.29 is 9.53 Å². The van der Waals surface area contributed by atoms with E-state index in [4.69, 9.17) is 4.74 Å². The molecule has 1 aromatic rings. The number of rotatable bonds is 7. The molecular weight excluding hydrogens is 218 g/mol. The van der Waals surface area contributed by atoms with Gasteiger partial charge >= 0.3 is 5.97 Å². The smallest absolute Gasteiger partial charge is 0.324 e. The molecule has 0 spiro atoms. The number of esters is 1. The molecule has 0 aliphatic rings. The van der Waals surface area contributed by atoms with E-state index in [1.807, 2.05) is 17.7 Å². The van der Waals surface area contributed by atoms with Crippen molar-refractivity contribution in [1.82, 2.24) is 14.9 Å². The van der Waals surface area contributed by atoms with Crippen LogP contribution in [0.2, 0.25) is 0 Å². The van der Waals surface area contributed by atoms with Crippen LogP contribution in [0.15, 0.2) is 12.4 Å². The van der Waals surface area contributed by atoms with Gasteiger partial charge < -0.3 is 14.6 Å². The molecule has 0 fully saturated rings. The number of carbonyl (C=O) groups excluding carboxylic acids is 1. The zero-order chi connectivity index (χ0) is 12.7. The third-order valence-corrected chi connectivity index (χ3v) is 2.62. The summed E-state index contributed by atoms with van der Waals surface area (Å²) in [6, 6.07) is -0.306. The first-order valence-corrected chi connectivity index (χ1v) is 6.04. The second-order valence-electron chi connectivity index (χ2n) is 3.88. The number of nitrogens with one attached hydrogen (secondary N) is 1. The van der Waals surface area contributed by atoms with Gasteiger partial charge in [0, 0.05) is 25.4 Å². The molecule has 1 heterocycles. The van der Waals surface area contributed by atoms with Gasteiger partial charge in [0.15, 0.2) is 0 Å². The number of nitrogens with zero attached hydrogens (tertiary/aromatic N) is 2. The minimum Gasteiger partial charge on any atom is -0.468 e. The molecule has 1 aromatic heterocycles. The second kappa shape index (κ2) is 7.06. The standard InChI is InChI=1S/C12H21N3O2/c1-4-6-13-10(12(16)17-3)9-15-8-7-14-11(15)5-2/h7-8,10,13H,4-6,9H2,1-3H3. The Labute approximate surface area is 102 Å². The number of aromatic nitrogens is 2. The van der Waals surface area contributed by atoms with Crippen molar-refractivity contribution in [2.24, 2.45) is 0 Å². The molecule has 0 aliphatic heterocycles. The highest BCUT2D eigenvalue weighted by molar-refractivity contribution is 5.75. The van der Waals surface area contributed by atoms with Gasteiger partial charge in [0.25, 0.3) is 0 Å². The van der Waals surface area contributed by atoms with E-state index in [1.54, 1.807) is 6.20 Å². The Balaban J connectivity index is 2.68. The van der Waals surface area contributed by atoms with Crippen molar-refractivity contribution in [2.45, 2.75) is 39.3 Å². The summed E-state index contributed by atoms with van der Waals surface area (Å²) in [5.41, 5.74) is 0. The van der Waals surface area contributed by atoms with Crippen molar-refractivity contribution in [3.63, 3.8) is 0 Å². The molecule has 17 heavy (non-hydrogen) atoms. The summed E-state index contributed by atoms with van der Waals surface area (Å²) >= 11 is 0. The third kappa shape index (κ3) is 3.85. The average molecular weight is 239 g/mol. The predicted molar refractivity (Wildman–Crippen MR) is 65.7 cm³/mol. The topological polar surface area (TPSA) is 56.2 Å². The number of carbonyl (C=O) groups is 1. The summed E-state index contributed by atoms with van der Waals surface area (Å²) in [4.78, 5) is 15.9. The normalized spacial score (nSPS) is 12.4. The SMILES string of the molecule is CCCNC(Cn1ccnc1CC)C(=O)OC. The van der Waals surface area contributed by atoms with Crippen LogP contribution in [0.1, 0.15) is 26.1 Å². The molecule has 1 unspecified atom stereocenters. The van der Waals surface area contributed by atoms with Crippen LogP contribution < -0.4 is 5.32 Å². The lowest BCUT2D eigenvalue weighted by Crippen LogP contribution is -2.41. The average Bonchev–Trinajstić information content (AvgIpc) is 2.80. The Hall–Kier alpha value is -1.36. The monoisotopic (exact) mass is 239 g/mol. The molecule has 1 rings (SSSR count). The molecule has 5 nitrogen and oxygen atoms in total. The lowest BCUT2D eigenvalue weighted by atomic mass is 10.2. The van der Waals surface area contributed by atoms with Crippen LogP contribution in [0.4, 0.5) is 0 Å². The fraction of sp³-hybridized carbons (Fsp3) is 0.667. The summed E-state index contributed by atoms with van der Waals surface area (Å²) in [5, 5.41) is 3.19. The largest absolute Gasteiger partial charge is 0.468 e. The zero-order valence-electron chi connectivity index (χ0n) is 10.8. The van der Waals surface area contributed by atoms with Gasteiger partial charge in [-0.2, -0.15) is 0 Å². The van der Waals surface area contributed by atoms with E-state index < -0.39 is 0 Å². The summed E-state index contributed by atoms with van der Waals surface area (Å²) in [5.74, 6) is 0.756. The van der Waals surface area contributed by atoms with Gasteiger partial charge in [-0.25, -0.2) is 4.98 Å². The molecule has 0 aromatic carbocycles. The molecule has 0 aliphatic carbocycles. The fourth-order valence-corrected chi connectivity index (χ4v) is 1.70. The predicted octanol–water partition coefficient (Wildman–Crippen LogP) is 0.987. The lowest BCUT2D eigenvalue weighted by Gasteiger charge is -2.17. The molecular formula is C12H21N3O2. The Kier molecular flexibility index (Phi) is 5.69. The maximum absolute atomic E-state index is 11.6. The van der Waals surface area contributed by atoms with Gasteiger partial charge in [0.05, 0.1) is 7.11 Å². The highest BCUT2D eigenvalue weighted by Crippen LogP contribution is 2.02. The highest BCUT2D eigenvalue weighted by atomic mass is 16.5. The number of hydrogen-bond acceptors (Lipinski definition) is 4. The van der Waals surface area contributed by atoms with Gasteiger partial charge in [-0.1, -0.05) is 13.8 Å².